The third-order valence-electron chi connectivity index (χ3n) is 3.98. The van der Waals surface area contributed by atoms with Gasteiger partial charge in [-0.05, 0) is 29.4 Å². The molecule has 0 atom stereocenters. The quantitative estimate of drug-likeness (QED) is 0.419. The predicted molar refractivity (Wildman–Crippen MR) is 108 cm³/mol. The van der Waals surface area contributed by atoms with E-state index >= 15 is 0 Å². The summed E-state index contributed by atoms with van der Waals surface area (Å²) in [7, 11) is 1.38. The topological polar surface area (TPSA) is 96.7 Å². The van der Waals surface area contributed by atoms with E-state index in [9.17, 15) is 4.39 Å². The fraction of sp³-hybridized carbons (Fsp3) is 0.143. The molecule has 0 spiro atoms. The van der Waals surface area contributed by atoms with Gasteiger partial charge in [0.25, 0.3) is 17.7 Å². The van der Waals surface area contributed by atoms with E-state index in [-0.39, 0.29) is 29.1 Å². The monoisotopic (exact) mass is 424 g/mol. The molecule has 0 fully saturated rings. The summed E-state index contributed by atoms with van der Waals surface area (Å²) in [5, 5.41) is 7.83. The third kappa shape index (κ3) is 4.69. The van der Waals surface area contributed by atoms with Gasteiger partial charge in [-0.15, -0.1) is 0 Å². The highest BCUT2D eigenvalue weighted by atomic mass is 19.1. The molecule has 0 amide bonds. The highest BCUT2D eigenvalue weighted by Crippen LogP contribution is 2.31. The molecule has 3 aromatic rings. The zero-order chi connectivity index (χ0) is 21.5. The summed E-state index contributed by atoms with van der Waals surface area (Å²) in [5.74, 6) is -0.686. The van der Waals surface area contributed by atoms with Gasteiger partial charge in [0.05, 0.1) is 5.56 Å². The van der Waals surface area contributed by atoms with Crippen LogP contribution >= 0.6 is 0 Å². The predicted octanol–water partition coefficient (Wildman–Crippen LogP) is 3.91. The van der Waals surface area contributed by atoms with Crippen molar-refractivity contribution >= 4 is 11.6 Å². The Kier molecular flexibility index (Phi) is 6.17. The fourth-order valence-corrected chi connectivity index (χ4v) is 2.65. The van der Waals surface area contributed by atoms with Gasteiger partial charge >= 0.3 is 0 Å². The van der Waals surface area contributed by atoms with Crippen LogP contribution in [0.4, 0.5) is 4.39 Å². The van der Waals surface area contributed by atoms with Crippen molar-refractivity contribution in [2.24, 2.45) is 10.3 Å². The zero-order valence-electron chi connectivity index (χ0n) is 16.4. The van der Waals surface area contributed by atoms with Gasteiger partial charge in [-0.1, -0.05) is 35.5 Å². The Morgan fingerprint density at radius 1 is 0.968 bits per heavy atom. The van der Waals surface area contributed by atoms with E-state index in [1.54, 1.807) is 48.5 Å². The maximum atomic E-state index is 15.0. The molecule has 0 bridgehead atoms. The summed E-state index contributed by atoms with van der Waals surface area (Å²) in [4.78, 5) is 17.7. The molecular formula is C21H17FN4O5. The average molecular weight is 424 g/mol. The zero-order valence-corrected chi connectivity index (χ0v) is 16.4. The van der Waals surface area contributed by atoms with Crippen LogP contribution in [0, 0.1) is 5.82 Å². The molecule has 9 nitrogen and oxygen atoms in total. The Hall–Kier alpha value is -4.21. The number of nitrogens with zero attached hydrogens (tertiary/aromatic N) is 4. The molecule has 31 heavy (non-hydrogen) atoms. The van der Waals surface area contributed by atoms with Crippen molar-refractivity contribution < 1.29 is 28.3 Å². The van der Waals surface area contributed by atoms with E-state index < -0.39 is 5.82 Å². The van der Waals surface area contributed by atoms with Crippen LogP contribution in [-0.2, 0) is 14.4 Å². The first-order valence-corrected chi connectivity index (χ1v) is 9.21. The van der Waals surface area contributed by atoms with Crippen LogP contribution in [0.25, 0.3) is 0 Å². The molecule has 1 aliphatic rings. The van der Waals surface area contributed by atoms with Gasteiger partial charge < -0.3 is 23.9 Å². The number of oxime groups is 2. The van der Waals surface area contributed by atoms with E-state index in [2.05, 4.69) is 20.3 Å². The first-order chi connectivity index (χ1) is 15.3. The van der Waals surface area contributed by atoms with Crippen LogP contribution in [0.5, 0.6) is 23.3 Å². The van der Waals surface area contributed by atoms with Crippen molar-refractivity contribution in [3.05, 3.63) is 72.3 Å². The molecule has 0 aliphatic carbocycles. The second kappa shape index (κ2) is 9.53. The van der Waals surface area contributed by atoms with Crippen molar-refractivity contribution in [2.45, 2.75) is 0 Å². The molecule has 10 heteroatoms. The number of benzene rings is 2. The van der Waals surface area contributed by atoms with E-state index in [0.29, 0.717) is 24.5 Å². The first kappa shape index (κ1) is 20.1. The van der Waals surface area contributed by atoms with Gasteiger partial charge in [0.2, 0.25) is 5.82 Å². The largest absolute Gasteiger partial charge is 0.470 e. The van der Waals surface area contributed by atoms with Gasteiger partial charge in [-0.25, -0.2) is 0 Å². The van der Waals surface area contributed by atoms with Crippen LogP contribution < -0.4 is 9.47 Å². The van der Waals surface area contributed by atoms with Crippen molar-refractivity contribution in [1.29, 1.82) is 0 Å². The average Bonchev–Trinajstić information content (AvgIpc) is 2.82. The summed E-state index contributed by atoms with van der Waals surface area (Å²) in [6.45, 7) is 0.615. The van der Waals surface area contributed by atoms with Gasteiger partial charge in [-0.3, -0.25) is 0 Å². The van der Waals surface area contributed by atoms with Crippen LogP contribution in [-0.4, -0.2) is 41.9 Å². The molecule has 0 unspecified atom stereocenters. The summed E-state index contributed by atoms with van der Waals surface area (Å²) in [6.07, 6.45) is 1.14. The molecule has 0 N–H and O–H groups in total. The second-order valence-corrected chi connectivity index (χ2v) is 6.01. The van der Waals surface area contributed by atoms with E-state index in [0.717, 1.165) is 6.33 Å². The van der Waals surface area contributed by atoms with Gasteiger partial charge in [-0.2, -0.15) is 14.4 Å². The number of para-hydroxylation sites is 2. The summed E-state index contributed by atoms with van der Waals surface area (Å²) in [6, 6.07) is 15.5. The molecular weight excluding hydrogens is 407 g/mol. The van der Waals surface area contributed by atoms with Crippen LogP contribution in [0.1, 0.15) is 5.56 Å². The molecule has 0 saturated heterocycles. The van der Waals surface area contributed by atoms with Crippen LogP contribution in [0.15, 0.2) is 71.2 Å². The second-order valence-electron chi connectivity index (χ2n) is 6.01. The van der Waals surface area contributed by atoms with Crippen molar-refractivity contribution in [3.8, 4) is 23.3 Å². The van der Waals surface area contributed by atoms with Gasteiger partial charge in [0, 0.05) is 0 Å². The SMILES string of the molecule is CO/N=C(/C1=NOCCO1)c1ccccc1Oc1ncnc(Oc2ccccc2)c1F. The maximum absolute atomic E-state index is 15.0. The number of aromatic nitrogens is 2. The fourth-order valence-electron chi connectivity index (χ4n) is 2.65. The lowest BCUT2D eigenvalue weighted by Crippen LogP contribution is -2.25. The van der Waals surface area contributed by atoms with E-state index in [4.69, 9.17) is 23.9 Å². The minimum Gasteiger partial charge on any atom is -0.470 e. The number of ether oxygens (including phenoxy) is 3. The van der Waals surface area contributed by atoms with E-state index in [1.807, 2.05) is 6.07 Å². The smallest absolute Gasteiger partial charge is 0.280 e. The van der Waals surface area contributed by atoms with Gasteiger partial charge in [0.1, 0.15) is 31.5 Å². The molecule has 1 aromatic heterocycles. The Morgan fingerprint density at radius 2 is 1.71 bits per heavy atom. The minimum absolute atomic E-state index is 0.111. The highest BCUT2D eigenvalue weighted by molar-refractivity contribution is 6.45. The van der Waals surface area contributed by atoms with Gasteiger partial charge in [0.15, 0.2) is 12.3 Å². The Morgan fingerprint density at radius 3 is 2.45 bits per heavy atom. The number of hydrogen-bond donors (Lipinski definition) is 0. The normalized spacial score (nSPS) is 13.5. The number of hydrogen-bond acceptors (Lipinski definition) is 9. The molecule has 0 saturated carbocycles. The van der Waals surface area contributed by atoms with E-state index in [1.165, 1.54) is 7.11 Å². The molecule has 158 valence electrons. The first-order valence-electron chi connectivity index (χ1n) is 9.21. The molecule has 2 heterocycles. The lowest BCUT2D eigenvalue weighted by molar-refractivity contribution is 0.0672. The molecule has 0 radical (unpaired) electrons. The van der Waals surface area contributed by atoms with Crippen molar-refractivity contribution in [3.63, 3.8) is 0 Å². The minimum atomic E-state index is -0.860. The van der Waals surface area contributed by atoms with Crippen LogP contribution in [0.2, 0.25) is 0 Å². The molecule has 2 aromatic carbocycles. The van der Waals surface area contributed by atoms with Crippen molar-refractivity contribution in [1.82, 2.24) is 9.97 Å². The Labute approximate surface area is 176 Å². The standard InChI is InChI=1S/C21H17FN4O5/c1-27-25-18(21-26-29-12-11-28-21)15-9-5-6-10-16(15)31-20-17(22)19(23-13-24-20)30-14-7-3-2-4-8-14/h2-10,13H,11-12H2,1H3/b25-18+. The van der Waals surface area contributed by atoms with Crippen LogP contribution in [0.3, 0.4) is 0 Å². The Bertz CT molecular complexity index is 1110. The summed E-state index contributed by atoms with van der Waals surface area (Å²) in [5.41, 5.74) is 0.644. The molecule has 4 rings (SSSR count). The number of halogens is 1. The summed E-state index contributed by atoms with van der Waals surface area (Å²) < 4.78 is 31.7. The van der Waals surface area contributed by atoms with Crippen molar-refractivity contribution in [2.75, 3.05) is 20.3 Å². The Balaban J connectivity index is 1.66. The highest BCUT2D eigenvalue weighted by Gasteiger charge is 2.24. The summed E-state index contributed by atoms with van der Waals surface area (Å²) >= 11 is 0. The lowest BCUT2D eigenvalue weighted by Gasteiger charge is -2.16. The molecule has 1 aliphatic heterocycles. The lowest BCUT2D eigenvalue weighted by atomic mass is 10.1. The third-order valence-corrected chi connectivity index (χ3v) is 3.98. The number of rotatable bonds is 7. The maximum Gasteiger partial charge on any atom is 0.280 e.